The Balaban J connectivity index is 1.92. The first-order valence-corrected chi connectivity index (χ1v) is 6.24. The van der Waals surface area contributed by atoms with Crippen molar-refractivity contribution in [3.8, 4) is 5.95 Å². The molecule has 2 rings (SSSR count). The fourth-order valence-corrected chi connectivity index (χ4v) is 1.46. The first kappa shape index (κ1) is 14.1. The second kappa shape index (κ2) is 6.72. The number of nitrogens with zero attached hydrogens (tertiary/aromatic N) is 2. The second-order valence-electron chi connectivity index (χ2n) is 3.67. The molecular formula is C13H12ClN3O3. The quantitative estimate of drug-likeness (QED) is 0.679. The van der Waals surface area contributed by atoms with Crippen LogP contribution in [0.2, 0.25) is 5.02 Å². The molecule has 7 heteroatoms. The van der Waals surface area contributed by atoms with E-state index in [-0.39, 0.29) is 11.8 Å². The van der Waals surface area contributed by atoms with E-state index in [1.807, 2.05) is 0 Å². The highest BCUT2D eigenvalue weighted by atomic mass is 35.5. The summed E-state index contributed by atoms with van der Waals surface area (Å²) in [5.74, 6) is -0.470. The molecule has 1 amide bonds. The number of benzene rings is 1. The largest absolute Gasteiger partial charge is 0.464 e. The Bertz CT molecular complexity index is 608. The predicted octanol–water partition coefficient (Wildman–Crippen LogP) is 2.49. The molecule has 0 atom stereocenters. The number of rotatable bonds is 5. The summed E-state index contributed by atoms with van der Waals surface area (Å²) in [7, 11) is 0. The molecule has 0 aliphatic carbocycles. The fraction of sp³-hybridized carbons (Fsp3) is 0.154. The third-order valence-electron chi connectivity index (χ3n) is 2.22. The molecule has 1 aromatic carbocycles. The van der Waals surface area contributed by atoms with Crippen molar-refractivity contribution < 1.29 is 13.9 Å². The van der Waals surface area contributed by atoms with Crippen LogP contribution in [0.5, 0.6) is 5.95 Å². The first-order chi connectivity index (χ1) is 9.69. The van der Waals surface area contributed by atoms with Gasteiger partial charge in [0.2, 0.25) is 0 Å². The molecule has 0 aliphatic heterocycles. The van der Waals surface area contributed by atoms with Crippen molar-refractivity contribution in [3.63, 3.8) is 0 Å². The van der Waals surface area contributed by atoms with Gasteiger partial charge in [-0.1, -0.05) is 23.7 Å². The lowest BCUT2D eigenvalue weighted by atomic mass is 10.2. The van der Waals surface area contributed by atoms with Gasteiger partial charge in [0.25, 0.3) is 5.89 Å². The van der Waals surface area contributed by atoms with E-state index in [4.69, 9.17) is 20.8 Å². The van der Waals surface area contributed by atoms with Crippen LogP contribution in [0.15, 0.2) is 40.0 Å². The molecule has 0 saturated carbocycles. The van der Waals surface area contributed by atoms with E-state index < -0.39 is 5.91 Å². The average molecular weight is 294 g/mol. The third kappa shape index (κ3) is 3.83. The Labute approximate surface area is 120 Å². The van der Waals surface area contributed by atoms with Gasteiger partial charge in [0.1, 0.15) is 6.20 Å². The maximum Gasteiger partial charge on any atom is 0.327 e. The maximum absolute atomic E-state index is 11.6. The van der Waals surface area contributed by atoms with Crippen molar-refractivity contribution in [3.05, 3.63) is 46.9 Å². The van der Waals surface area contributed by atoms with Gasteiger partial charge in [0.05, 0.1) is 12.8 Å². The Morgan fingerprint density at radius 3 is 2.95 bits per heavy atom. The first-order valence-electron chi connectivity index (χ1n) is 5.86. The average Bonchev–Trinajstić information content (AvgIpc) is 2.90. The highest BCUT2D eigenvalue weighted by Crippen LogP contribution is 2.12. The van der Waals surface area contributed by atoms with E-state index in [0.717, 1.165) is 5.56 Å². The van der Waals surface area contributed by atoms with Crippen molar-refractivity contribution in [1.29, 1.82) is 0 Å². The summed E-state index contributed by atoms with van der Waals surface area (Å²) in [6.07, 6.45) is 2.82. The molecule has 0 bridgehead atoms. The van der Waals surface area contributed by atoms with Gasteiger partial charge in [0.15, 0.2) is 0 Å². The molecule has 0 unspecified atom stereocenters. The van der Waals surface area contributed by atoms with Gasteiger partial charge in [0, 0.05) is 5.02 Å². The van der Waals surface area contributed by atoms with Crippen molar-refractivity contribution >= 4 is 23.7 Å². The van der Waals surface area contributed by atoms with Crippen LogP contribution in [0.3, 0.4) is 0 Å². The van der Waals surface area contributed by atoms with Crippen LogP contribution in [0.4, 0.5) is 0 Å². The zero-order valence-corrected chi connectivity index (χ0v) is 11.4. The maximum atomic E-state index is 11.6. The van der Waals surface area contributed by atoms with Gasteiger partial charge < -0.3 is 9.15 Å². The van der Waals surface area contributed by atoms with Crippen molar-refractivity contribution in [1.82, 2.24) is 10.4 Å². The number of nitrogens with one attached hydrogen (secondary N) is 1. The highest BCUT2D eigenvalue weighted by Gasteiger charge is 2.12. The van der Waals surface area contributed by atoms with E-state index in [0.29, 0.717) is 11.6 Å². The molecule has 104 valence electrons. The summed E-state index contributed by atoms with van der Waals surface area (Å²) in [6.45, 7) is 2.24. The number of halogens is 1. The van der Waals surface area contributed by atoms with E-state index in [2.05, 4.69) is 15.5 Å². The number of ether oxygens (including phenoxy) is 1. The molecular weight excluding hydrogens is 282 g/mol. The minimum atomic E-state index is -0.554. The lowest BCUT2D eigenvalue weighted by Gasteiger charge is -1.96. The highest BCUT2D eigenvalue weighted by molar-refractivity contribution is 6.30. The minimum absolute atomic E-state index is 0.110. The molecule has 0 spiro atoms. The summed E-state index contributed by atoms with van der Waals surface area (Å²) >= 11 is 5.76. The predicted molar refractivity (Wildman–Crippen MR) is 74.2 cm³/mol. The molecule has 2 aromatic rings. The Morgan fingerprint density at radius 2 is 2.25 bits per heavy atom. The van der Waals surface area contributed by atoms with Gasteiger partial charge in [-0.2, -0.15) is 5.10 Å². The lowest BCUT2D eigenvalue weighted by Crippen LogP contribution is -2.17. The monoisotopic (exact) mass is 293 g/mol. The lowest BCUT2D eigenvalue weighted by molar-refractivity contribution is 0.0912. The van der Waals surface area contributed by atoms with E-state index in [1.165, 1.54) is 12.4 Å². The van der Waals surface area contributed by atoms with E-state index in [1.54, 1.807) is 31.2 Å². The molecule has 1 heterocycles. The summed E-state index contributed by atoms with van der Waals surface area (Å²) in [5, 5.41) is 4.43. The second-order valence-corrected chi connectivity index (χ2v) is 4.10. The zero-order chi connectivity index (χ0) is 14.4. The van der Waals surface area contributed by atoms with Crippen molar-refractivity contribution in [2.45, 2.75) is 6.92 Å². The standard InChI is InChI=1S/C13H12ClN3O3/c1-2-19-11-8-15-13(20-11)12(18)17-16-7-9-3-5-10(14)6-4-9/h3-8H,2H2,1H3,(H,17,18)/b16-7+. The van der Waals surface area contributed by atoms with Crippen LogP contribution >= 0.6 is 11.6 Å². The van der Waals surface area contributed by atoms with Gasteiger partial charge >= 0.3 is 11.9 Å². The Morgan fingerprint density at radius 1 is 1.50 bits per heavy atom. The number of hydrogen-bond donors (Lipinski definition) is 1. The molecule has 1 N–H and O–H groups in total. The fourth-order valence-electron chi connectivity index (χ4n) is 1.34. The summed E-state index contributed by atoms with van der Waals surface area (Å²) in [5.41, 5.74) is 3.11. The molecule has 0 saturated heterocycles. The molecule has 6 nitrogen and oxygen atoms in total. The number of hydrazone groups is 1. The van der Waals surface area contributed by atoms with Crippen molar-refractivity contribution in [2.75, 3.05) is 6.61 Å². The topological polar surface area (TPSA) is 76.7 Å². The molecule has 0 radical (unpaired) electrons. The summed E-state index contributed by atoms with van der Waals surface area (Å²) < 4.78 is 10.1. The molecule has 1 aromatic heterocycles. The number of aromatic nitrogens is 1. The van der Waals surface area contributed by atoms with Crippen LogP contribution in [0.1, 0.15) is 23.2 Å². The normalized spacial score (nSPS) is 10.7. The van der Waals surface area contributed by atoms with Gasteiger partial charge in [-0.15, -0.1) is 0 Å². The summed E-state index contributed by atoms with van der Waals surface area (Å²) in [6, 6.07) is 7.01. The zero-order valence-electron chi connectivity index (χ0n) is 10.7. The van der Waals surface area contributed by atoms with Crippen LogP contribution in [0, 0.1) is 0 Å². The van der Waals surface area contributed by atoms with E-state index in [9.17, 15) is 4.79 Å². The van der Waals surface area contributed by atoms with Crippen LogP contribution in [-0.2, 0) is 0 Å². The Hall–Kier alpha value is -2.34. The number of carbonyl (C=O) groups excluding carboxylic acids is 1. The van der Waals surface area contributed by atoms with Crippen LogP contribution < -0.4 is 10.2 Å². The number of amides is 1. The number of hydrogen-bond acceptors (Lipinski definition) is 5. The van der Waals surface area contributed by atoms with Gasteiger partial charge in [-0.05, 0) is 24.6 Å². The number of carbonyl (C=O) groups is 1. The van der Waals surface area contributed by atoms with Crippen LogP contribution in [0.25, 0.3) is 0 Å². The third-order valence-corrected chi connectivity index (χ3v) is 2.47. The van der Waals surface area contributed by atoms with Gasteiger partial charge in [-0.25, -0.2) is 10.4 Å². The molecule has 0 fully saturated rings. The minimum Gasteiger partial charge on any atom is -0.464 e. The van der Waals surface area contributed by atoms with Crippen molar-refractivity contribution in [2.24, 2.45) is 5.10 Å². The van der Waals surface area contributed by atoms with E-state index >= 15 is 0 Å². The van der Waals surface area contributed by atoms with Gasteiger partial charge in [-0.3, -0.25) is 4.79 Å². The Kier molecular flexibility index (Phi) is 4.73. The SMILES string of the molecule is CCOc1cnc(C(=O)N/N=C/c2ccc(Cl)cc2)o1. The van der Waals surface area contributed by atoms with Crippen LogP contribution in [-0.4, -0.2) is 23.7 Å². The summed E-state index contributed by atoms with van der Waals surface area (Å²) in [4.78, 5) is 15.4. The molecule has 0 aliphatic rings. The molecule has 20 heavy (non-hydrogen) atoms. The smallest absolute Gasteiger partial charge is 0.327 e. The number of oxazole rings is 1.